The normalized spacial score (nSPS) is 41.1. The summed E-state index contributed by atoms with van der Waals surface area (Å²) in [5.74, 6) is 3.05. The first-order valence-electron chi connectivity index (χ1n) is 10.6. The molecule has 3 nitrogen and oxygen atoms in total. The van der Waals surface area contributed by atoms with Crippen LogP contribution in [0.5, 0.6) is 0 Å². The van der Waals surface area contributed by atoms with Crippen LogP contribution in [0.4, 0.5) is 0 Å². The van der Waals surface area contributed by atoms with Crippen LogP contribution in [-0.4, -0.2) is 24.3 Å². The standard InChI is InChI=1S/C22H38O3/c1-6-24-20(23)14-15-7-8-17-16(13-15)11-12-22(5)18(17)9-10-19(22)25-21(2,3)4/h15-19H,6-14H2,1-5H3/t15?,16-,17-,18+,19+,22+/m1/s1. The van der Waals surface area contributed by atoms with Gasteiger partial charge in [-0.3, -0.25) is 4.79 Å². The van der Waals surface area contributed by atoms with Crippen LogP contribution in [0.15, 0.2) is 0 Å². The molecule has 3 saturated carbocycles. The minimum Gasteiger partial charge on any atom is -0.466 e. The molecule has 0 amide bonds. The number of carbonyl (C=O) groups is 1. The molecule has 0 aromatic carbocycles. The maximum Gasteiger partial charge on any atom is 0.306 e. The summed E-state index contributed by atoms with van der Waals surface area (Å²) in [6.45, 7) is 11.5. The molecule has 0 radical (unpaired) electrons. The number of hydrogen-bond acceptors (Lipinski definition) is 3. The van der Waals surface area contributed by atoms with E-state index in [9.17, 15) is 4.79 Å². The Morgan fingerprint density at radius 3 is 2.56 bits per heavy atom. The first-order chi connectivity index (χ1) is 11.7. The summed E-state index contributed by atoms with van der Waals surface area (Å²) >= 11 is 0. The number of fused-ring (bicyclic) bond motifs is 3. The van der Waals surface area contributed by atoms with Crippen molar-refractivity contribution in [2.24, 2.45) is 29.1 Å². The second-order valence-corrected chi connectivity index (χ2v) is 10.1. The van der Waals surface area contributed by atoms with Gasteiger partial charge in [0.25, 0.3) is 0 Å². The van der Waals surface area contributed by atoms with Crippen LogP contribution in [0.3, 0.4) is 0 Å². The van der Waals surface area contributed by atoms with E-state index >= 15 is 0 Å². The van der Waals surface area contributed by atoms with Crippen LogP contribution in [0.1, 0.15) is 86.0 Å². The molecule has 144 valence electrons. The molecule has 25 heavy (non-hydrogen) atoms. The lowest BCUT2D eigenvalue weighted by atomic mass is 9.55. The van der Waals surface area contributed by atoms with Crippen molar-refractivity contribution >= 4 is 5.97 Å². The zero-order valence-electron chi connectivity index (χ0n) is 17.0. The second-order valence-electron chi connectivity index (χ2n) is 10.1. The highest BCUT2D eigenvalue weighted by Crippen LogP contribution is 2.61. The average molecular weight is 351 g/mol. The summed E-state index contributed by atoms with van der Waals surface area (Å²) in [7, 11) is 0. The SMILES string of the molecule is CCOC(=O)CC1CC[C@@H]2[C@H](CC[C@]3(C)[C@@H](OC(C)(C)C)CC[C@@H]23)C1. The van der Waals surface area contributed by atoms with Crippen molar-refractivity contribution in [3.63, 3.8) is 0 Å². The van der Waals surface area contributed by atoms with E-state index in [4.69, 9.17) is 9.47 Å². The van der Waals surface area contributed by atoms with Crippen LogP contribution < -0.4 is 0 Å². The van der Waals surface area contributed by atoms with E-state index in [-0.39, 0.29) is 11.6 Å². The van der Waals surface area contributed by atoms with Crippen LogP contribution in [0.2, 0.25) is 0 Å². The van der Waals surface area contributed by atoms with Crippen LogP contribution in [-0.2, 0) is 14.3 Å². The largest absolute Gasteiger partial charge is 0.466 e. The first kappa shape index (κ1) is 19.2. The predicted octanol–water partition coefficient (Wildman–Crippen LogP) is 5.37. The Labute approximate surface area is 154 Å². The van der Waals surface area contributed by atoms with Gasteiger partial charge < -0.3 is 9.47 Å². The summed E-state index contributed by atoms with van der Waals surface area (Å²) in [6, 6.07) is 0. The summed E-state index contributed by atoms with van der Waals surface area (Å²) in [5, 5.41) is 0. The van der Waals surface area contributed by atoms with E-state index in [0.717, 1.165) is 17.8 Å². The zero-order chi connectivity index (χ0) is 18.2. The molecule has 3 heteroatoms. The van der Waals surface area contributed by atoms with Crippen molar-refractivity contribution in [2.45, 2.75) is 97.7 Å². The van der Waals surface area contributed by atoms with Crippen LogP contribution in [0.25, 0.3) is 0 Å². The Morgan fingerprint density at radius 1 is 1.12 bits per heavy atom. The fourth-order valence-electron chi connectivity index (χ4n) is 6.28. The number of ether oxygens (including phenoxy) is 2. The van der Waals surface area contributed by atoms with Gasteiger partial charge in [0.15, 0.2) is 0 Å². The van der Waals surface area contributed by atoms with Crippen molar-refractivity contribution in [1.29, 1.82) is 0 Å². The lowest BCUT2D eigenvalue weighted by Gasteiger charge is -2.52. The maximum absolute atomic E-state index is 11.8. The van der Waals surface area contributed by atoms with E-state index < -0.39 is 0 Å². The fourth-order valence-corrected chi connectivity index (χ4v) is 6.28. The Hall–Kier alpha value is -0.570. The molecule has 6 atom stereocenters. The van der Waals surface area contributed by atoms with Gasteiger partial charge in [0, 0.05) is 6.42 Å². The Morgan fingerprint density at radius 2 is 1.88 bits per heavy atom. The van der Waals surface area contributed by atoms with E-state index in [1.165, 1.54) is 44.9 Å². The molecule has 0 bridgehead atoms. The number of esters is 1. The van der Waals surface area contributed by atoms with Gasteiger partial charge in [-0.05, 0) is 102 Å². The smallest absolute Gasteiger partial charge is 0.306 e. The van der Waals surface area contributed by atoms with Crippen molar-refractivity contribution in [1.82, 2.24) is 0 Å². The van der Waals surface area contributed by atoms with E-state index in [2.05, 4.69) is 27.7 Å². The number of hydrogen-bond donors (Lipinski definition) is 0. The topological polar surface area (TPSA) is 35.5 Å². The predicted molar refractivity (Wildman–Crippen MR) is 100 cm³/mol. The van der Waals surface area contributed by atoms with E-state index in [1.807, 2.05) is 6.92 Å². The molecular formula is C22H38O3. The highest BCUT2D eigenvalue weighted by atomic mass is 16.5. The third-order valence-electron chi connectivity index (χ3n) is 7.30. The summed E-state index contributed by atoms with van der Waals surface area (Å²) in [6.07, 6.45) is 9.99. The molecular weight excluding hydrogens is 312 g/mol. The van der Waals surface area contributed by atoms with Gasteiger partial charge in [0.05, 0.1) is 18.3 Å². The lowest BCUT2D eigenvalue weighted by Crippen LogP contribution is -2.47. The number of carbonyl (C=O) groups excluding carboxylic acids is 1. The molecule has 0 aliphatic heterocycles. The maximum atomic E-state index is 11.8. The minimum atomic E-state index is -0.0449. The molecule has 3 fully saturated rings. The van der Waals surface area contributed by atoms with Gasteiger partial charge in [-0.2, -0.15) is 0 Å². The van der Waals surface area contributed by atoms with Crippen molar-refractivity contribution < 1.29 is 14.3 Å². The summed E-state index contributed by atoms with van der Waals surface area (Å²) in [4.78, 5) is 11.8. The summed E-state index contributed by atoms with van der Waals surface area (Å²) < 4.78 is 11.7. The molecule has 0 aromatic heterocycles. The Kier molecular flexibility index (Phi) is 5.54. The Balaban J connectivity index is 1.62. The Bertz CT molecular complexity index is 480. The van der Waals surface area contributed by atoms with Gasteiger partial charge in [0.1, 0.15) is 0 Å². The third-order valence-corrected chi connectivity index (χ3v) is 7.30. The molecule has 0 heterocycles. The molecule has 3 aliphatic rings. The summed E-state index contributed by atoms with van der Waals surface area (Å²) in [5.41, 5.74) is 0.319. The minimum absolute atomic E-state index is 0.00565. The number of rotatable bonds is 4. The highest BCUT2D eigenvalue weighted by Gasteiger charge is 2.55. The van der Waals surface area contributed by atoms with Crippen LogP contribution >= 0.6 is 0 Å². The van der Waals surface area contributed by atoms with Gasteiger partial charge in [-0.15, -0.1) is 0 Å². The fraction of sp³-hybridized carbons (Fsp3) is 0.955. The van der Waals surface area contributed by atoms with Gasteiger partial charge in [0.2, 0.25) is 0 Å². The van der Waals surface area contributed by atoms with Gasteiger partial charge >= 0.3 is 5.97 Å². The molecule has 0 saturated heterocycles. The highest BCUT2D eigenvalue weighted by molar-refractivity contribution is 5.69. The molecule has 3 aliphatic carbocycles. The van der Waals surface area contributed by atoms with Crippen LogP contribution in [0, 0.1) is 29.1 Å². The average Bonchev–Trinajstić information content (AvgIpc) is 2.83. The molecule has 3 rings (SSSR count). The van der Waals surface area contributed by atoms with Gasteiger partial charge in [-0.25, -0.2) is 0 Å². The molecule has 0 spiro atoms. The lowest BCUT2D eigenvalue weighted by molar-refractivity contribution is -0.146. The van der Waals surface area contributed by atoms with E-state index in [1.54, 1.807) is 0 Å². The van der Waals surface area contributed by atoms with Gasteiger partial charge in [-0.1, -0.05) is 6.92 Å². The quantitative estimate of drug-likeness (QED) is 0.640. The molecule has 1 unspecified atom stereocenters. The van der Waals surface area contributed by atoms with Crippen molar-refractivity contribution in [2.75, 3.05) is 6.61 Å². The second kappa shape index (κ2) is 7.21. The molecule has 0 N–H and O–H groups in total. The monoisotopic (exact) mass is 350 g/mol. The van der Waals surface area contributed by atoms with Crippen molar-refractivity contribution in [3.05, 3.63) is 0 Å². The zero-order valence-corrected chi connectivity index (χ0v) is 17.0. The van der Waals surface area contributed by atoms with Crippen molar-refractivity contribution in [3.8, 4) is 0 Å². The first-order valence-corrected chi connectivity index (χ1v) is 10.6. The third kappa shape index (κ3) is 4.07. The van der Waals surface area contributed by atoms with E-state index in [0.29, 0.717) is 30.5 Å². The molecule has 0 aromatic rings.